The molecule has 2 unspecified atom stereocenters. The topological polar surface area (TPSA) is 61.4 Å². The SMILES string of the molecule is CC(NC(=O)NCC(O)c1ccccc1F)c1ccccc1Cl. The molecule has 0 saturated carbocycles. The van der Waals surface area contributed by atoms with Gasteiger partial charge in [-0.1, -0.05) is 48.0 Å². The van der Waals surface area contributed by atoms with Crippen LogP contribution in [0.4, 0.5) is 9.18 Å². The largest absolute Gasteiger partial charge is 0.386 e. The van der Waals surface area contributed by atoms with Gasteiger partial charge in [-0.2, -0.15) is 0 Å². The quantitative estimate of drug-likeness (QED) is 0.781. The van der Waals surface area contributed by atoms with Crippen LogP contribution in [0.25, 0.3) is 0 Å². The number of benzene rings is 2. The van der Waals surface area contributed by atoms with Crippen molar-refractivity contribution in [1.82, 2.24) is 10.6 Å². The summed E-state index contributed by atoms with van der Waals surface area (Å²) in [6.07, 6.45) is -1.11. The van der Waals surface area contributed by atoms with Gasteiger partial charge < -0.3 is 15.7 Å². The van der Waals surface area contributed by atoms with E-state index < -0.39 is 18.0 Å². The number of halogens is 2. The van der Waals surface area contributed by atoms with Crippen molar-refractivity contribution in [3.8, 4) is 0 Å². The fourth-order valence-corrected chi connectivity index (χ4v) is 2.50. The Morgan fingerprint density at radius 3 is 2.43 bits per heavy atom. The number of hydrogen-bond donors (Lipinski definition) is 3. The van der Waals surface area contributed by atoms with E-state index in [-0.39, 0.29) is 18.2 Å². The monoisotopic (exact) mass is 336 g/mol. The zero-order valence-electron chi connectivity index (χ0n) is 12.6. The Labute approximate surface area is 139 Å². The lowest BCUT2D eigenvalue weighted by atomic mass is 10.1. The molecule has 122 valence electrons. The number of carbonyl (C=O) groups is 1. The lowest BCUT2D eigenvalue weighted by Gasteiger charge is -2.18. The Morgan fingerprint density at radius 1 is 1.17 bits per heavy atom. The highest BCUT2D eigenvalue weighted by Gasteiger charge is 2.15. The van der Waals surface area contributed by atoms with E-state index in [1.165, 1.54) is 18.2 Å². The molecule has 0 saturated heterocycles. The van der Waals surface area contributed by atoms with Crippen molar-refractivity contribution in [3.63, 3.8) is 0 Å². The standard InChI is InChI=1S/C17H18ClFN2O2/c1-11(12-6-2-4-8-14(12)18)21-17(23)20-10-16(22)13-7-3-5-9-15(13)19/h2-9,11,16,22H,10H2,1H3,(H2,20,21,23). The fraction of sp³-hybridized carbons (Fsp3) is 0.235. The fourth-order valence-electron chi connectivity index (χ4n) is 2.20. The number of urea groups is 1. The van der Waals surface area contributed by atoms with Crippen LogP contribution < -0.4 is 10.6 Å². The van der Waals surface area contributed by atoms with Gasteiger partial charge in [-0.05, 0) is 24.6 Å². The van der Waals surface area contributed by atoms with Crippen LogP contribution in [-0.4, -0.2) is 17.7 Å². The van der Waals surface area contributed by atoms with E-state index in [0.29, 0.717) is 5.02 Å². The molecule has 0 spiro atoms. The summed E-state index contributed by atoms with van der Waals surface area (Å²) in [6, 6.07) is 12.4. The molecule has 2 atom stereocenters. The van der Waals surface area contributed by atoms with E-state index in [4.69, 9.17) is 11.6 Å². The molecule has 2 aromatic rings. The van der Waals surface area contributed by atoms with E-state index in [0.717, 1.165) is 5.56 Å². The highest BCUT2D eigenvalue weighted by Crippen LogP contribution is 2.22. The van der Waals surface area contributed by atoms with Crippen molar-refractivity contribution < 1.29 is 14.3 Å². The van der Waals surface area contributed by atoms with Crippen LogP contribution in [0.5, 0.6) is 0 Å². The number of rotatable bonds is 5. The lowest BCUT2D eigenvalue weighted by molar-refractivity contribution is 0.168. The number of aliphatic hydroxyl groups is 1. The summed E-state index contributed by atoms with van der Waals surface area (Å²) in [7, 11) is 0. The van der Waals surface area contributed by atoms with Crippen molar-refractivity contribution >= 4 is 17.6 Å². The normalized spacial score (nSPS) is 13.2. The third kappa shape index (κ3) is 4.68. The second kappa shape index (κ2) is 7.94. The Bertz CT molecular complexity index is 681. The molecule has 0 bridgehead atoms. The molecule has 2 rings (SSSR count). The average Bonchev–Trinajstić information content (AvgIpc) is 2.53. The zero-order valence-corrected chi connectivity index (χ0v) is 13.3. The molecule has 0 aliphatic heterocycles. The summed E-state index contributed by atoms with van der Waals surface area (Å²) < 4.78 is 13.5. The molecule has 0 heterocycles. The molecule has 2 amide bonds. The van der Waals surface area contributed by atoms with Crippen LogP contribution >= 0.6 is 11.6 Å². The number of amides is 2. The van der Waals surface area contributed by atoms with E-state index in [9.17, 15) is 14.3 Å². The van der Waals surface area contributed by atoms with Gasteiger partial charge in [-0.25, -0.2) is 9.18 Å². The molecule has 0 radical (unpaired) electrons. The second-order valence-electron chi connectivity index (χ2n) is 5.13. The first-order chi connectivity index (χ1) is 11.0. The molecule has 23 heavy (non-hydrogen) atoms. The molecule has 0 aliphatic rings. The molecule has 0 aromatic heterocycles. The van der Waals surface area contributed by atoms with Crippen LogP contribution in [-0.2, 0) is 0 Å². The highest BCUT2D eigenvalue weighted by atomic mass is 35.5. The van der Waals surface area contributed by atoms with E-state index in [1.54, 1.807) is 19.1 Å². The molecular weight excluding hydrogens is 319 g/mol. The third-order valence-electron chi connectivity index (χ3n) is 3.44. The van der Waals surface area contributed by atoms with Gasteiger partial charge >= 0.3 is 6.03 Å². The van der Waals surface area contributed by atoms with Crippen molar-refractivity contribution in [2.45, 2.75) is 19.1 Å². The summed E-state index contributed by atoms with van der Waals surface area (Å²) in [5, 5.41) is 15.7. The van der Waals surface area contributed by atoms with Gasteiger partial charge in [0.05, 0.1) is 12.1 Å². The van der Waals surface area contributed by atoms with E-state index in [2.05, 4.69) is 10.6 Å². The van der Waals surface area contributed by atoms with Crippen LogP contribution in [0.15, 0.2) is 48.5 Å². The molecule has 3 N–H and O–H groups in total. The minimum atomic E-state index is -1.11. The molecule has 0 fully saturated rings. The van der Waals surface area contributed by atoms with Gasteiger partial charge in [-0.15, -0.1) is 0 Å². The van der Waals surface area contributed by atoms with E-state index >= 15 is 0 Å². The Morgan fingerprint density at radius 2 is 1.78 bits per heavy atom. The maximum Gasteiger partial charge on any atom is 0.315 e. The van der Waals surface area contributed by atoms with Crippen LogP contribution in [0.2, 0.25) is 5.02 Å². The van der Waals surface area contributed by atoms with Crippen molar-refractivity contribution in [2.75, 3.05) is 6.54 Å². The maximum atomic E-state index is 13.5. The summed E-state index contributed by atoms with van der Waals surface area (Å²) in [5.74, 6) is -0.508. The van der Waals surface area contributed by atoms with Gasteiger partial charge in [0.25, 0.3) is 0 Å². The first kappa shape index (κ1) is 17.2. The second-order valence-corrected chi connectivity index (χ2v) is 5.54. The Hall–Kier alpha value is -2.11. The predicted molar refractivity (Wildman–Crippen MR) is 87.8 cm³/mol. The molecule has 4 nitrogen and oxygen atoms in total. The molecule has 0 aliphatic carbocycles. The third-order valence-corrected chi connectivity index (χ3v) is 3.78. The van der Waals surface area contributed by atoms with Crippen molar-refractivity contribution in [3.05, 3.63) is 70.5 Å². The number of carbonyl (C=O) groups excluding carboxylic acids is 1. The predicted octanol–water partition coefficient (Wildman–Crippen LogP) is 3.57. The summed E-state index contributed by atoms with van der Waals surface area (Å²) >= 11 is 6.07. The van der Waals surface area contributed by atoms with Gasteiger partial charge in [0.2, 0.25) is 0 Å². The lowest BCUT2D eigenvalue weighted by Crippen LogP contribution is -2.39. The Kier molecular flexibility index (Phi) is 5.96. The highest BCUT2D eigenvalue weighted by molar-refractivity contribution is 6.31. The first-order valence-electron chi connectivity index (χ1n) is 7.20. The number of hydrogen-bond acceptors (Lipinski definition) is 2. The zero-order chi connectivity index (χ0) is 16.8. The summed E-state index contributed by atoms with van der Waals surface area (Å²) in [6.45, 7) is 1.70. The van der Waals surface area contributed by atoms with Gasteiger partial charge in [-0.3, -0.25) is 0 Å². The van der Waals surface area contributed by atoms with Crippen molar-refractivity contribution in [1.29, 1.82) is 0 Å². The van der Waals surface area contributed by atoms with Gasteiger partial charge in [0, 0.05) is 17.1 Å². The van der Waals surface area contributed by atoms with Gasteiger partial charge in [0.15, 0.2) is 0 Å². The Balaban J connectivity index is 1.88. The minimum absolute atomic E-state index is 0.0952. The van der Waals surface area contributed by atoms with Crippen LogP contribution in [0.1, 0.15) is 30.2 Å². The summed E-state index contributed by atoms with van der Waals surface area (Å²) in [4.78, 5) is 11.9. The number of nitrogens with one attached hydrogen (secondary N) is 2. The molecule has 6 heteroatoms. The number of aliphatic hydroxyl groups excluding tert-OH is 1. The maximum absolute atomic E-state index is 13.5. The molecular formula is C17H18ClFN2O2. The van der Waals surface area contributed by atoms with Crippen LogP contribution in [0.3, 0.4) is 0 Å². The van der Waals surface area contributed by atoms with E-state index in [1.807, 2.05) is 18.2 Å². The van der Waals surface area contributed by atoms with Crippen LogP contribution in [0, 0.1) is 5.82 Å². The molecule has 2 aromatic carbocycles. The minimum Gasteiger partial charge on any atom is -0.386 e. The smallest absolute Gasteiger partial charge is 0.315 e. The van der Waals surface area contributed by atoms with Gasteiger partial charge in [0.1, 0.15) is 5.82 Å². The average molecular weight is 337 g/mol. The first-order valence-corrected chi connectivity index (χ1v) is 7.58. The summed E-state index contributed by atoms with van der Waals surface area (Å²) in [5.41, 5.74) is 0.936. The van der Waals surface area contributed by atoms with Crippen molar-refractivity contribution in [2.24, 2.45) is 0 Å².